The third kappa shape index (κ3) is 7.82. The molecule has 29 heavy (non-hydrogen) atoms. The largest absolute Gasteiger partial charge is 0.456 e. The van der Waals surface area contributed by atoms with Crippen LogP contribution in [0.3, 0.4) is 0 Å². The van der Waals surface area contributed by atoms with Gasteiger partial charge in [-0.1, -0.05) is 62.6 Å². The number of esters is 1. The minimum atomic E-state index is -0.357. The van der Waals surface area contributed by atoms with E-state index in [0.29, 0.717) is 23.3 Å². The lowest BCUT2D eigenvalue weighted by Gasteiger charge is -2.23. The van der Waals surface area contributed by atoms with Crippen LogP contribution in [-0.4, -0.2) is 50.5 Å². The third-order valence-corrected chi connectivity index (χ3v) is 4.91. The highest BCUT2D eigenvalue weighted by Gasteiger charge is 2.13. The van der Waals surface area contributed by atoms with Crippen molar-refractivity contribution in [1.82, 2.24) is 0 Å². The molecule has 0 N–H and O–H groups in total. The molecule has 0 aliphatic rings. The topological polar surface area (TPSA) is 43.4 Å². The lowest BCUT2D eigenvalue weighted by atomic mass is 9.99. The number of benzene rings is 2. The summed E-state index contributed by atoms with van der Waals surface area (Å²) in [6.45, 7) is 3.33. The van der Waals surface area contributed by atoms with Gasteiger partial charge in [0, 0.05) is 11.1 Å². The lowest BCUT2D eigenvalue weighted by molar-refractivity contribution is -0.870. The van der Waals surface area contributed by atoms with Gasteiger partial charge >= 0.3 is 5.97 Å². The number of carbonyl (C=O) groups is 2. The maximum atomic E-state index is 12.7. The van der Waals surface area contributed by atoms with Gasteiger partial charge in [-0.25, -0.2) is 4.79 Å². The second kappa shape index (κ2) is 10.9. The summed E-state index contributed by atoms with van der Waals surface area (Å²) in [6.07, 6.45) is 6.00. The summed E-state index contributed by atoms with van der Waals surface area (Å²) in [5, 5.41) is 0. The molecule has 0 unspecified atom stereocenters. The first-order valence-electron chi connectivity index (χ1n) is 10.5. The monoisotopic (exact) mass is 396 g/mol. The van der Waals surface area contributed by atoms with Gasteiger partial charge in [0.05, 0.1) is 26.7 Å². The van der Waals surface area contributed by atoms with Crippen molar-refractivity contribution in [3.8, 4) is 0 Å². The average molecular weight is 397 g/mol. The van der Waals surface area contributed by atoms with E-state index in [2.05, 4.69) is 6.92 Å². The van der Waals surface area contributed by atoms with E-state index in [4.69, 9.17) is 4.74 Å². The second-order valence-electron chi connectivity index (χ2n) is 8.56. The number of quaternary nitrogens is 1. The zero-order chi connectivity index (χ0) is 21.3. The molecule has 0 spiro atoms. The molecule has 4 heteroatoms. The molecular weight excluding hydrogens is 362 g/mol. The zero-order valence-electron chi connectivity index (χ0n) is 18.2. The van der Waals surface area contributed by atoms with Gasteiger partial charge < -0.3 is 9.22 Å². The van der Waals surface area contributed by atoms with E-state index in [0.717, 1.165) is 17.4 Å². The van der Waals surface area contributed by atoms with E-state index in [9.17, 15) is 9.59 Å². The molecule has 2 aromatic rings. The van der Waals surface area contributed by atoms with Crippen LogP contribution in [0.5, 0.6) is 0 Å². The Balaban J connectivity index is 1.91. The van der Waals surface area contributed by atoms with Gasteiger partial charge in [0.2, 0.25) is 0 Å². The molecule has 0 heterocycles. The Morgan fingerprint density at radius 3 is 1.90 bits per heavy atom. The lowest BCUT2D eigenvalue weighted by Crippen LogP contribution is -2.38. The molecular formula is C25H34NO3+. The van der Waals surface area contributed by atoms with Crippen LogP contribution in [0.1, 0.15) is 64.4 Å². The number of rotatable bonds is 11. The van der Waals surface area contributed by atoms with Gasteiger partial charge in [-0.05, 0) is 30.5 Å². The molecule has 4 nitrogen and oxygen atoms in total. The first-order chi connectivity index (χ1) is 13.8. The van der Waals surface area contributed by atoms with E-state index < -0.39 is 0 Å². The highest BCUT2D eigenvalue weighted by atomic mass is 16.5. The molecule has 0 saturated heterocycles. The van der Waals surface area contributed by atoms with Crippen LogP contribution in [0.2, 0.25) is 0 Å². The molecule has 156 valence electrons. The number of carbonyl (C=O) groups excluding carboxylic acids is 2. The minimum Gasteiger partial charge on any atom is -0.456 e. The fourth-order valence-corrected chi connectivity index (χ4v) is 3.00. The fourth-order valence-electron chi connectivity index (χ4n) is 3.00. The first-order valence-corrected chi connectivity index (χ1v) is 10.5. The van der Waals surface area contributed by atoms with Crippen molar-refractivity contribution >= 4 is 11.8 Å². The number of aryl methyl sites for hydroxylation is 1. The highest BCUT2D eigenvalue weighted by Crippen LogP contribution is 2.15. The Bertz CT molecular complexity index is 786. The quantitative estimate of drug-likeness (QED) is 0.235. The number of unbranched alkanes of at least 4 members (excludes halogenated alkanes) is 3. The molecule has 0 aliphatic heterocycles. The summed E-state index contributed by atoms with van der Waals surface area (Å²) >= 11 is 0. The average Bonchev–Trinajstić information content (AvgIpc) is 2.70. The summed E-state index contributed by atoms with van der Waals surface area (Å²) in [7, 11) is 6.15. The Morgan fingerprint density at radius 2 is 1.34 bits per heavy atom. The molecule has 0 fully saturated rings. The van der Waals surface area contributed by atoms with E-state index in [1.54, 1.807) is 24.3 Å². The van der Waals surface area contributed by atoms with Gasteiger partial charge in [-0.3, -0.25) is 4.79 Å². The third-order valence-electron chi connectivity index (χ3n) is 4.91. The summed E-state index contributed by atoms with van der Waals surface area (Å²) in [6, 6.07) is 14.6. The van der Waals surface area contributed by atoms with Crippen molar-refractivity contribution in [2.75, 3.05) is 34.3 Å². The van der Waals surface area contributed by atoms with Gasteiger partial charge in [0.1, 0.15) is 13.2 Å². The number of likely N-dealkylation sites (N-methyl/N-ethyl adjacent to an activating group) is 1. The van der Waals surface area contributed by atoms with Crippen LogP contribution in [0.25, 0.3) is 0 Å². The van der Waals surface area contributed by atoms with Crippen LogP contribution in [-0.2, 0) is 11.2 Å². The zero-order valence-corrected chi connectivity index (χ0v) is 18.2. The van der Waals surface area contributed by atoms with E-state index >= 15 is 0 Å². The van der Waals surface area contributed by atoms with E-state index in [1.165, 1.54) is 31.2 Å². The first kappa shape index (κ1) is 22.8. The molecule has 0 bridgehead atoms. The number of ether oxygens (including phenoxy) is 1. The van der Waals surface area contributed by atoms with Crippen LogP contribution in [0.4, 0.5) is 0 Å². The number of hydrogen-bond acceptors (Lipinski definition) is 3. The Labute approximate surface area is 175 Å². The second-order valence-corrected chi connectivity index (χ2v) is 8.56. The van der Waals surface area contributed by atoms with Crippen LogP contribution >= 0.6 is 0 Å². The number of hydrogen-bond donors (Lipinski definition) is 0. The van der Waals surface area contributed by atoms with E-state index in [-0.39, 0.29) is 11.8 Å². The highest BCUT2D eigenvalue weighted by molar-refractivity contribution is 6.09. The van der Waals surface area contributed by atoms with Gasteiger partial charge in [-0.15, -0.1) is 0 Å². The SMILES string of the molecule is CCCCCCc1ccc(C(=O)c2ccc(C(=O)OCC[N+](C)(C)C)cc2)cc1. The Morgan fingerprint density at radius 1 is 0.793 bits per heavy atom. The van der Waals surface area contributed by atoms with E-state index in [1.807, 2.05) is 45.4 Å². The molecule has 0 aromatic heterocycles. The fraction of sp³-hybridized carbons (Fsp3) is 0.440. The number of ketones is 1. The molecule has 0 aliphatic carbocycles. The van der Waals surface area contributed by atoms with Crippen molar-refractivity contribution in [3.63, 3.8) is 0 Å². The van der Waals surface area contributed by atoms with Crippen molar-refractivity contribution in [2.45, 2.75) is 39.0 Å². The summed E-state index contributed by atoms with van der Waals surface area (Å²) in [5.74, 6) is -0.391. The van der Waals surface area contributed by atoms with Gasteiger partial charge in [-0.2, -0.15) is 0 Å². The molecule has 2 aromatic carbocycles. The van der Waals surface area contributed by atoms with Crippen molar-refractivity contribution in [2.24, 2.45) is 0 Å². The molecule has 0 amide bonds. The molecule has 0 radical (unpaired) electrons. The van der Waals surface area contributed by atoms with Crippen LogP contribution < -0.4 is 0 Å². The Kier molecular flexibility index (Phi) is 8.59. The predicted molar refractivity (Wildman–Crippen MR) is 117 cm³/mol. The predicted octanol–water partition coefficient (Wildman–Crippen LogP) is 4.90. The van der Waals surface area contributed by atoms with Gasteiger partial charge in [0.15, 0.2) is 5.78 Å². The van der Waals surface area contributed by atoms with Crippen LogP contribution in [0, 0.1) is 0 Å². The molecule has 0 atom stereocenters. The summed E-state index contributed by atoms with van der Waals surface area (Å²) in [4.78, 5) is 24.8. The maximum absolute atomic E-state index is 12.7. The molecule has 2 rings (SSSR count). The van der Waals surface area contributed by atoms with Gasteiger partial charge in [0.25, 0.3) is 0 Å². The summed E-state index contributed by atoms with van der Waals surface area (Å²) in [5.41, 5.74) is 2.97. The summed E-state index contributed by atoms with van der Waals surface area (Å²) < 4.78 is 6.04. The normalized spacial score (nSPS) is 11.3. The standard InChI is InChI=1S/C25H34NO3/c1-5-6-7-8-9-20-10-12-21(13-11-20)24(27)22-14-16-23(17-15-22)25(28)29-19-18-26(2,3)4/h10-17H,5-9,18-19H2,1-4H3/q+1. The maximum Gasteiger partial charge on any atom is 0.338 e. The van der Waals surface area contributed by atoms with Crippen molar-refractivity contribution < 1.29 is 18.8 Å². The van der Waals surface area contributed by atoms with Crippen molar-refractivity contribution in [1.29, 1.82) is 0 Å². The minimum absolute atomic E-state index is 0.0347. The molecule has 0 saturated carbocycles. The smallest absolute Gasteiger partial charge is 0.338 e. The number of nitrogens with zero attached hydrogens (tertiary/aromatic N) is 1. The van der Waals surface area contributed by atoms with Crippen LogP contribution in [0.15, 0.2) is 48.5 Å². The Hall–Kier alpha value is -2.46. The van der Waals surface area contributed by atoms with Crippen molar-refractivity contribution in [3.05, 3.63) is 70.8 Å².